The molecule has 0 bridgehead atoms. The Morgan fingerprint density at radius 2 is 2.36 bits per heavy atom. The van der Waals surface area contributed by atoms with Gasteiger partial charge in [0.25, 0.3) is 5.91 Å². The van der Waals surface area contributed by atoms with Gasteiger partial charge in [0.1, 0.15) is 7.05 Å². The van der Waals surface area contributed by atoms with E-state index in [4.69, 9.17) is 23.2 Å². The molecule has 76 valence electrons. The molecular formula is C9H11Cl2N2O+. The number of carbonyl (C=O) groups is 1. The second kappa shape index (κ2) is 5.17. The fourth-order valence-corrected chi connectivity index (χ4v) is 1.18. The Morgan fingerprint density at radius 3 is 2.93 bits per heavy atom. The Bertz CT molecular complexity index is 328. The second-order valence-electron chi connectivity index (χ2n) is 2.90. The molecule has 1 heterocycles. The molecule has 0 radical (unpaired) electrons. The summed E-state index contributed by atoms with van der Waals surface area (Å²) in [5.41, 5.74) is 0.998. The summed E-state index contributed by atoms with van der Waals surface area (Å²) in [6, 6.07) is 3.82. The third kappa shape index (κ3) is 3.52. The van der Waals surface area contributed by atoms with E-state index in [-0.39, 0.29) is 5.91 Å². The SMILES string of the molecule is C[n+]1cccc(CNC(=O)C(Cl)Cl)c1. The zero-order valence-corrected chi connectivity index (χ0v) is 9.22. The van der Waals surface area contributed by atoms with Crippen LogP contribution in [0.15, 0.2) is 24.5 Å². The van der Waals surface area contributed by atoms with Crippen LogP contribution in [0.4, 0.5) is 0 Å². The van der Waals surface area contributed by atoms with Crippen molar-refractivity contribution < 1.29 is 9.36 Å². The van der Waals surface area contributed by atoms with E-state index in [0.717, 1.165) is 5.56 Å². The van der Waals surface area contributed by atoms with Crippen LogP contribution in [-0.2, 0) is 18.4 Å². The number of alkyl halides is 2. The van der Waals surface area contributed by atoms with Gasteiger partial charge in [-0.05, 0) is 6.07 Å². The Morgan fingerprint density at radius 1 is 1.64 bits per heavy atom. The van der Waals surface area contributed by atoms with E-state index in [2.05, 4.69) is 5.32 Å². The number of nitrogens with zero attached hydrogens (tertiary/aromatic N) is 1. The van der Waals surface area contributed by atoms with Crippen LogP contribution in [0.2, 0.25) is 0 Å². The molecular weight excluding hydrogens is 223 g/mol. The molecule has 0 spiro atoms. The highest BCUT2D eigenvalue weighted by atomic mass is 35.5. The smallest absolute Gasteiger partial charge is 0.253 e. The maximum atomic E-state index is 11.0. The van der Waals surface area contributed by atoms with E-state index in [1.165, 1.54) is 0 Å². The van der Waals surface area contributed by atoms with Crippen molar-refractivity contribution in [2.75, 3.05) is 0 Å². The molecule has 0 aliphatic carbocycles. The van der Waals surface area contributed by atoms with Gasteiger partial charge in [-0.25, -0.2) is 4.57 Å². The molecule has 0 fully saturated rings. The first-order chi connectivity index (χ1) is 6.59. The van der Waals surface area contributed by atoms with E-state index < -0.39 is 4.84 Å². The number of halogens is 2. The van der Waals surface area contributed by atoms with Crippen molar-refractivity contribution in [1.82, 2.24) is 5.32 Å². The Balaban J connectivity index is 2.50. The summed E-state index contributed by atoms with van der Waals surface area (Å²) in [7, 11) is 1.91. The maximum Gasteiger partial charge on any atom is 0.253 e. The molecule has 0 aliphatic heterocycles. The Hall–Kier alpha value is -0.800. The highest BCUT2D eigenvalue weighted by Gasteiger charge is 2.10. The van der Waals surface area contributed by atoms with Gasteiger partial charge in [0.2, 0.25) is 0 Å². The third-order valence-electron chi connectivity index (χ3n) is 1.67. The van der Waals surface area contributed by atoms with Gasteiger partial charge in [0, 0.05) is 18.2 Å². The van der Waals surface area contributed by atoms with Crippen molar-refractivity contribution in [2.24, 2.45) is 7.05 Å². The number of carbonyl (C=O) groups excluding carboxylic acids is 1. The number of hydrogen-bond acceptors (Lipinski definition) is 1. The standard InChI is InChI=1S/C9H10Cl2N2O/c1-13-4-2-3-7(6-13)5-12-9(14)8(10)11/h2-4,6,8H,5H2,1H3/p+1. The zero-order chi connectivity index (χ0) is 10.6. The van der Waals surface area contributed by atoms with Crippen LogP contribution in [0.1, 0.15) is 5.56 Å². The minimum Gasteiger partial charge on any atom is -0.349 e. The van der Waals surface area contributed by atoms with Crippen LogP contribution >= 0.6 is 23.2 Å². The minimum absolute atomic E-state index is 0.375. The molecule has 3 nitrogen and oxygen atoms in total. The summed E-state index contributed by atoms with van der Waals surface area (Å²) in [5.74, 6) is -0.375. The van der Waals surface area contributed by atoms with Crippen molar-refractivity contribution in [1.29, 1.82) is 0 Å². The molecule has 1 aromatic heterocycles. The molecule has 1 rings (SSSR count). The number of amides is 1. The lowest BCUT2D eigenvalue weighted by Gasteiger charge is -2.03. The second-order valence-corrected chi connectivity index (χ2v) is 3.99. The average molecular weight is 234 g/mol. The number of nitrogens with one attached hydrogen (secondary N) is 1. The fraction of sp³-hybridized carbons (Fsp3) is 0.333. The highest BCUT2D eigenvalue weighted by molar-refractivity contribution is 6.53. The zero-order valence-electron chi connectivity index (χ0n) is 7.71. The van der Waals surface area contributed by atoms with Gasteiger partial charge >= 0.3 is 0 Å². The summed E-state index contributed by atoms with van der Waals surface area (Å²) in [6.07, 6.45) is 3.83. The van der Waals surface area contributed by atoms with Gasteiger partial charge in [0.05, 0.1) is 0 Å². The predicted molar refractivity (Wildman–Crippen MR) is 55.0 cm³/mol. The monoisotopic (exact) mass is 233 g/mol. The normalized spacial score (nSPS) is 10.3. The number of aryl methyl sites for hydroxylation is 1. The molecule has 14 heavy (non-hydrogen) atoms. The van der Waals surface area contributed by atoms with Gasteiger partial charge in [0.15, 0.2) is 17.2 Å². The first kappa shape index (κ1) is 11.3. The molecule has 0 atom stereocenters. The summed E-state index contributed by atoms with van der Waals surface area (Å²) >= 11 is 10.7. The van der Waals surface area contributed by atoms with Crippen LogP contribution in [0.3, 0.4) is 0 Å². The summed E-state index contributed by atoms with van der Waals surface area (Å²) in [4.78, 5) is 10.0. The van der Waals surface area contributed by atoms with Crippen LogP contribution in [-0.4, -0.2) is 10.7 Å². The molecule has 0 aliphatic rings. The van der Waals surface area contributed by atoms with Crippen molar-refractivity contribution in [3.8, 4) is 0 Å². The molecule has 0 unspecified atom stereocenters. The van der Waals surface area contributed by atoms with Crippen LogP contribution in [0, 0.1) is 0 Å². The largest absolute Gasteiger partial charge is 0.349 e. The van der Waals surface area contributed by atoms with E-state index >= 15 is 0 Å². The summed E-state index contributed by atoms with van der Waals surface area (Å²) in [5, 5.41) is 2.61. The molecule has 1 N–H and O–H groups in total. The molecule has 1 amide bonds. The third-order valence-corrected chi connectivity index (χ3v) is 2.06. The van der Waals surface area contributed by atoms with E-state index in [1.807, 2.05) is 36.1 Å². The van der Waals surface area contributed by atoms with Gasteiger partial charge in [-0.3, -0.25) is 4.79 Å². The van der Waals surface area contributed by atoms with E-state index in [0.29, 0.717) is 6.54 Å². The first-order valence-electron chi connectivity index (χ1n) is 4.09. The topological polar surface area (TPSA) is 33.0 Å². The lowest BCUT2D eigenvalue weighted by atomic mass is 10.3. The van der Waals surface area contributed by atoms with Crippen molar-refractivity contribution in [2.45, 2.75) is 11.4 Å². The van der Waals surface area contributed by atoms with Crippen LogP contribution in [0.5, 0.6) is 0 Å². The fourth-order valence-electron chi connectivity index (χ4n) is 1.02. The van der Waals surface area contributed by atoms with E-state index in [1.54, 1.807) is 0 Å². The summed E-state index contributed by atoms with van der Waals surface area (Å²) in [6.45, 7) is 0.434. The average Bonchev–Trinajstić information content (AvgIpc) is 2.14. The minimum atomic E-state index is -1.01. The Kier molecular flexibility index (Phi) is 4.17. The van der Waals surface area contributed by atoms with Crippen LogP contribution in [0.25, 0.3) is 0 Å². The Labute approximate surface area is 92.6 Å². The molecule has 0 aromatic carbocycles. The predicted octanol–water partition coefficient (Wildman–Crippen LogP) is 0.931. The van der Waals surface area contributed by atoms with Gasteiger partial charge in [-0.1, -0.05) is 23.2 Å². The maximum absolute atomic E-state index is 11.0. The number of aromatic nitrogens is 1. The number of pyridine rings is 1. The van der Waals surface area contributed by atoms with Crippen LogP contribution < -0.4 is 9.88 Å². The highest BCUT2D eigenvalue weighted by Crippen LogP contribution is 2.01. The molecule has 5 heteroatoms. The van der Waals surface area contributed by atoms with Gasteiger partial charge < -0.3 is 5.32 Å². The summed E-state index contributed by atoms with van der Waals surface area (Å²) < 4.78 is 1.90. The van der Waals surface area contributed by atoms with Crippen molar-refractivity contribution >= 4 is 29.1 Å². The molecule has 1 aromatic rings. The molecule has 0 saturated carbocycles. The first-order valence-corrected chi connectivity index (χ1v) is 4.97. The number of rotatable bonds is 3. The number of hydrogen-bond donors (Lipinski definition) is 1. The van der Waals surface area contributed by atoms with Crippen molar-refractivity contribution in [3.63, 3.8) is 0 Å². The van der Waals surface area contributed by atoms with Gasteiger partial charge in [-0.15, -0.1) is 0 Å². The van der Waals surface area contributed by atoms with Crippen molar-refractivity contribution in [3.05, 3.63) is 30.1 Å². The lowest BCUT2D eigenvalue weighted by Crippen LogP contribution is -2.31. The molecule has 0 saturated heterocycles. The quantitative estimate of drug-likeness (QED) is 0.612. The van der Waals surface area contributed by atoms with E-state index in [9.17, 15) is 4.79 Å². The van der Waals surface area contributed by atoms with Gasteiger partial charge in [-0.2, -0.15) is 0 Å². The lowest BCUT2D eigenvalue weighted by molar-refractivity contribution is -0.671.